The molecule has 0 aliphatic rings. The molecule has 0 spiro atoms. The second kappa shape index (κ2) is 5.62. The zero-order valence-corrected chi connectivity index (χ0v) is 10.2. The molecule has 0 heterocycles. The third kappa shape index (κ3) is 5.30. The number of nitrogens with one attached hydrogen (secondary N) is 1. The smallest absolute Gasteiger partial charge is 0.269 e. The van der Waals surface area contributed by atoms with Gasteiger partial charge in [0.2, 0.25) is 0 Å². The normalized spacial score (nSPS) is 11.1. The average molecular weight is 258 g/mol. The van der Waals surface area contributed by atoms with E-state index in [1.807, 2.05) is 0 Å². The van der Waals surface area contributed by atoms with E-state index in [2.05, 4.69) is 5.32 Å². The first-order chi connectivity index (χ1) is 7.88. The molecule has 0 unspecified atom stereocenters. The molecule has 17 heavy (non-hydrogen) atoms. The van der Waals surface area contributed by atoms with Gasteiger partial charge in [-0.1, -0.05) is 0 Å². The van der Waals surface area contributed by atoms with E-state index in [9.17, 15) is 18.5 Å². The molecule has 0 aromatic heterocycles. The van der Waals surface area contributed by atoms with Crippen molar-refractivity contribution in [3.8, 4) is 0 Å². The van der Waals surface area contributed by atoms with Crippen molar-refractivity contribution in [1.82, 2.24) is 0 Å². The fourth-order valence-corrected chi connectivity index (χ4v) is 1.94. The van der Waals surface area contributed by atoms with Gasteiger partial charge in [0.05, 0.1) is 10.7 Å². The fraction of sp³-hybridized carbons (Fsp3) is 0.400. The van der Waals surface area contributed by atoms with Gasteiger partial charge in [-0.15, -0.1) is 0 Å². The summed E-state index contributed by atoms with van der Waals surface area (Å²) in [6.45, 7) is 0.519. The van der Waals surface area contributed by atoms with Crippen molar-refractivity contribution in [3.63, 3.8) is 0 Å². The van der Waals surface area contributed by atoms with Gasteiger partial charge >= 0.3 is 0 Å². The Morgan fingerprint density at radius 3 is 2.35 bits per heavy atom. The summed E-state index contributed by atoms with van der Waals surface area (Å²) >= 11 is 0. The molecule has 0 aliphatic heterocycles. The topological polar surface area (TPSA) is 89.3 Å². The molecule has 0 saturated carbocycles. The first-order valence-corrected chi connectivity index (χ1v) is 7.10. The molecule has 1 aromatic carbocycles. The van der Waals surface area contributed by atoms with Gasteiger partial charge < -0.3 is 5.32 Å². The van der Waals surface area contributed by atoms with Crippen LogP contribution in [0.15, 0.2) is 24.3 Å². The minimum atomic E-state index is -2.93. The Hall–Kier alpha value is -1.63. The number of sulfone groups is 1. The summed E-state index contributed by atoms with van der Waals surface area (Å²) < 4.78 is 21.7. The zero-order chi connectivity index (χ0) is 12.9. The summed E-state index contributed by atoms with van der Waals surface area (Å²) in [4.78, 5) is 9.94. The van der Waals surface area contributed by atoms with E-state index >= 15 is 0 Å². The van der Waals surface area contributed by atoms with Crippen LogP contribution in [0.4, 0.5) is 11.4 Å². The first-order valence-electron chi connectivity index (χ1n) is 5.04. The lowest BCUT2D eigenvalue weighted by Gasteiger charge is -2.05. The Kier molecular flexibility index (Phi) is 4.45. The maximum Gasteiger partial charge on any atom is 0.269 e. The van der Waals surface area contributed by atoms with E-state index < -0.39 is 14.8 Å². The molecule has 94 valence electrons. The number of benzene rings is 1. The molecule has 7 heteroatoms. The predicted octanol–water partition coefficient (Wildman–Crippen LogP) is 1.44. The number of hydrogen-bond acceptors (Lipinski definition) is 5. The van der Waals surface area contributed by atoms with Gasteiger partial charge in [0.25, 0.3) is 5.69 Å². The number of nitro groups is 1. The Balaban J connectivity index is 2.40. The summed E-state index contributed by atoms with van der Waals surface area (Å²) in [5.41, 5.74) is 0.774. The lowest BCUT2D eigenvalue weighted by Crippen LogP contribution is -2.09. The van der Waals surface area contributed by atoms with Crippen LogP contribution in [0.1, 0.15) is 6.42 Å². The highest BCUT2D eigenvalue weighted by Crippen LogP contribution is 2.15. The molecular weight excluding hydrogens is 244 g/mol. The Labute approximate surface area is 99.7 Å². The van der Waals surface area contributed by atoms with E-state index in [4.69, 9.17) is 0 Å². The van der Waals surface area contributed by atoms with Crippen LogP contribution in [0.2, 0.25) is 0 Å². The summed E-state index contributed by atoms with van der Waals surface area (Å²) in [7, 11) is -2.93. The van der Waals surface area contributed by atoms with E-state index in [1.165, 1.54) is 18.4 Å². The van der Waals surface area contributed by atoms with Gasteiger partial charge in [0.15, 0.2) is 0 Å². The predicted molar refractivity (Wildman–Crippen MR) is 65.9 cm³/mol. The molecule has 0 amide bonds. The zero-order valence-electron chi connectivity index (χ0n) is 9.42. The van der Waals surface area contributed by atoms with Crippen molar-refractivity contribution >= 4 is 21.2 Å². The maximum atomic E-state index is 10.9. The Morgan fingerprint density at radius 2 is 1.88 bits per heavy atom. The van der Waals surface area contributed by atoms with Gasteiger partial charge in [-0.2, -0.15) is 0 Å². The molecule has 6 nitrogen and oxygen atoms in total. The molecule has 0 radical (unpaired) electrons. The standard InChI is InChI=1S/C10H14N2O4S/c1-17(15,16)8-2-7-11-9-3-5-10(6-4-9)12(13)14/h3-6,11H,2,7-8H2,1H3. The highest BCUT2D eigenvalue weighted by Gasteiger charge is 2.04. The molecule has 0 atom stereocenters. The number of anilines is 1. The molecular formula is C10H14N2O4S. The highest BCUT2D eigenvalue weighted by atomic mass is 32.2. The van der Waals surface area contributed by atoms with Crippen LogP contribution in [0, 0.1) is 10.1 Å². The quantitative estimate of drug-likeness (QED) is 0.474. The minimum Gasteiger partial charge on any atom is -0.385 e. The van der Waals surface area contributed by atoms with Crippen molar-refractivity contribution in [2.75, 3.05) is 23.9 Å². The Bertz CT molecular complexity index is 482. The first kappa shape index (κ1) is 13.4. The summed E-state index contributed by atoms with van der Waals surface area (Å²) in [6, 6.07) is 5.99. The van der Waals surface area contributed by atoms with Crippen LogP contribution in [0.25, 0.3) is 0 Å². The molecule has 0 fully saturated rings. The van der Waals surface area contributed by atoms with Crippen molar-refractivity contribution in [2.24, 2.45) is 0 Å². The third-order valence-corrected chi connectivity index (χ3v) is 3.13. The second-order valence-electron chi connectivity index (χ2n) is 3.71. The van der Waals surface area contributed by atoms with Crippen molar-refractivity contribution in [2.45, 2.75) is 6.42 Å². The van der Waals surface area contributed by atoms with Crippen LogP contribution in [-0.2, 0) is 9.84 Å². The van der Waals surface area contributed by atoms with Crippen LogP contribution in [0.3, 0.4) is 0 Å². The van der Waals surface area contributed by atoms with Gasteiger partial charge in [0, 0.05) is 30.6 Å². The molecule has 0 bridgehead atoms. The number of nitrogens with zero attached hydrogens (tertiary/aromatic N) is 1. The van der Waals surface area contributed by atoms with Gasteiger partial charge in [-0.3, -0.25) is 10.1 Å². The summed E-state index contributed by atoms with van der Waals surface area (Å²) in [5, 5.41) is 13.4. The summed E-state index contributed by atoms with van der Waals surface area (Å²) in [5.74, 6) is 0.132. The van der Waals surface area contributed by atoms with E-state index in [1.54, 1.807) is 12.1 Å². The molecule has 1 aromatic rings. The molecule has 0 saturated heterocycles. The fourth-order valence-electron chi connectivity index (χ4n) is 1.27. The highest BCUT2D eigenvalue weighted by molar-refractivity contribution is 7.90. The van der Waals surface area contributed by atoms with Gasteiger partial charge in [-0.25, -0.2) is 8.42 Å². The number of non-ortho nitro benzene ring substituents is 1. The third-order valence-electron chi connectivity index (χ3n) is 2.10. The van der Waals surface area contributed by atoms with Gasteiger partial charge in [0.1, 0.15) is 9.84 Å². The van der Waals surface area contributed by atoms with Crippen molar-refractivity contribution in [1.29, 1.82) is 0 Å². The molecule has 0 aliphatic carbocycles. The van der Waals surface area contributed by atoms with E-state index in [0.29, 0.717) is 13.0 Å². The number of rotatable bonds is 6. The van der Waals surface area contributed by atoms with Crippen LogP contribution >= 0.6 is 0 Å². The minimum absolute atomic E-state index is 0.0340. The maximum absolute atomic E-state index is 10.9. The van der Waals surface area contributed by atoms with Crippen LogP contribution in [0.5, 0.6) is 0 Å². The number of nitro benzene ring substituents is 1. The molecule has 1 N–H and O–H groups in total. The Morgan fingerprint density at radius 1 is 1.29 bits per heavy atom. The van der Waals surface area contributed by atoms with Crippen molar-refractivity contribution in [3.05, 3.63) is 34.4 Å². The van der Waals surface area contributed by atoms with E-state index in [-0.39, 0.29) is 11.4 Å². The second-order valence-corrected chi connectivity index (χ2v) is 5.97. The van der Waals surface area contributed by atoms with Gasteiger partial charge in [-0.05, 0) is 18.6 Å². The lowest BCUT2D eigenvalue weighted by molar-refractivity contribution is -0.384. The average Bonchev–Trinajstić information content (AvgIpc) is 2.24. The lowest BCUT2D eigenvalue weighted by atomic mass is 10.3. The van der Waals surface area contributed by atoms with Crippen LogP contribution < -0.4 is 5.32 Å². The van der Waals surface area contributed by atoms with Crippen LogP contribution in [-0.4, -0.2) is 31.9 Å². The number of hydrogen-bond donors (Lipinski definition) is 1. The SMILES string of the molecule is CS(=O)(=O)CCCNc1ccc([N+](=O)[O-])cc1. The monoisotopic (exact) mass is 258 g/mol. The molecule has 1 rings (SSSR count). The largest absolute Gasteiger partial charge is 0.385 e. The summed E-state index contributed by atoms with van der Waals surface area (Å²) in [6.07, 6.45) is 1.70. The van der Waals surface area contributed by atoms with Crippen molar-refractivity contribution < 1.29 is 13.3 Å². The van der Waals surface area contributed by atoms with E-state index in [0.717, 1.165) is 5.69 Å².